The Balaban J connectivity index is 1.45. The summed E-state index contributed by atoms with van der Waals surface area (Å²) in [5.41, 5.74) is 2.92. The van der Waals surface area contributed by atoms with E-state index in [9.17, 15) is 4.79 Å². The van der Waals surface area contributed by atoms with Crippen LogP contribution in [-0.4, -0.2) is 32.6 Å². The highest BCUT2D eigenvalue weighted by molar-refractivity contribution is 6.02. The average Bonchev–Trinajstić information content (AvgIpc) is 3.32. The molecule has 30 heavy (non-hydrogen) atoms. The van der Waals surface area contributed by atoms with Crippen molar-refractivity contribution < 1.29 is 13.9 Å². The van der Waals surface area contributed by atoms with Crippen molar-refractivity contribution in [2.45, 2.75) is 13.0 Å². The number of nitrogens with zero attached hydrogens (tertiary/aromatic N) is 1. The zero-order valence-electron chi connectivity index (χ0n) is 17.1. The second kappa shape index (κ2) is 10.7. The van der Waals surface area contributed by atoms with E-state index in [1.54, 1.807) is 26.3 Å². The summed E-state index contributed by atoms with van der Waals surface area (Å²) < 4.78 is 10.5. The molecule has 0 spiro atoms. The minimum Gasteiger partial charge on any atom is -0.496 e. The van der Waals surface area contributed by atoms with Gasteiger partial charge in [-0.2, -0.15) is 0 Å². The smallest absolute Gasteiger partial charge is 0.291 e. The number of anilines is 1. The van der Waals surface area contributed by atoms with Crippen LogP contribution in [0.3, 0.4) is 0 Å². The number of ether oxygens (including phenoxy) is 1. The van der Waals surface area contributed by atoms with E-state index < -0.39 is 0 Å². The second-order valence-electron chi connectivity index (χ2n) is 6.54. The zero-order valence-corrected chi connectivity index (χ0v) is 17.1. The number of furan rings is 1. The maximum absolute atomic E-state index is 12.0. The topological polar surface area (TPSA) is 87.9 Å². The first-order valence-electron chi connectivity index (χ1n) is 9.70. The summed E-state index contributed by atoms with van der Waals surface area (Å²) in [4.78, 5) is 16.3. The Kier molecular flexibility index (Phi) is 7.49. The first kappa shape index (κ1) is 21.0. The highest BCUT2D eigenvalue weighted by Crippen LogP contribution is 2.17. The molecule has 1 aromatic heterocycles. The van der Waals surface area contributed by atoms with Crippen molar-refractivity contribution in [1.29, 1.82) is 0 Å². The number of methoxy groups -OCH3 is 1. The number of benzene rings is 2. The number of carbonyl (C=O) groups excluding carboxylic acids is 1. The van der Waals surface area contributed by atoms with Crippen molar-refractivity contribution >= 4 is 17.6 Å². The van der Waals surface area contributed by atoms with Gasteiger partial charge in [0.05, 0.1) is 13.4 Å². The van der Waals surface area contributed by atoms with Gasteiger partial charge in [-0.3, -0.25) is 9.79 Å². The van der Waals surface area contributed by atoms with Crippen molar-refractivity contribution in [2.75, 3.05) is 26.0 Å². The largest absolute Gasteiger partial charge is 0.496 e. The van der Waals surface area contributed by atoms with Gasteiger partial charge in [0.2, 0.25) is 0 Å². The van der Waals surface area contributed by atoms with E-state index in [-0.39, 0.29) is 11.7 Å². The minimum atomic E-state index is -0.273. The quantitative estimate of drug-likeness (QED) is 0.394. The molecule has 3 N–H and O–H groups in total. The molecule has 0 saturated heterocycles. The summed E-state index contributed by atoms with van der Waals surface area (Å²) in [7, 11) is 3.42. The summed E-state index contributed by atoms with van der Waals surface area (Å²) in [6.07, 6.45) is 2.30. The molecule has 1 heterocycles. The lowest BCUT2D eigenvalue weighted by molar-refractivity contribution is 0.0996. The molecular weight excluding hydrogens is 380 g/mol. The number of nitrogens with one attached hydrogen (secondary N) is 3. The van der Waals surface area contributed by atoms with E-state index in [0.29, 0.717) is 12.2 Å². The van der Waals surface area contributed by atoms with Crippen molar-refractivity contribution in [1.82, 2.24) is 10.6 Å². The van der Waals surface area contributed by atoms with Crippen molar-refractivity contribution in [3.63, 3.8) is 0 Å². The predicted octanol–water partition coefficient (Wildman–Crippen LogP) is 3.45. The molecule has 7 heteroatoms. The third-order valence-electron chi connectivity index (χ3n) is 4.52. The van der Waals surface area contributed by atoms with E-state index in [0.717, 1.165) is 35.8 Å². The molecule has 0 atom stereocenters. The van der Waals surface area contributed by atoms with Crippen LogP contribution in [0.15, 0.2) is 76.3 Å². The van der Waals surface area contributed by atoms with Crippen LogP contribution in [0, 0.1) is 0 Å². The second-order valence-corrected chi connectivity index (χ2v) is 6.54. The van der Waals surface area contributed by atoms with Crippen molar-refractivity contribution in [3.05, 3.63) is 83.8 Å². The molecule has 3 aromatic rings. The summed E-state index contributed by atoms with van der Waals surface area (Å²) in [6.45, 7) is 1.35. The van der Waals surface area contributed by atoms with Gasteiger partial charge in [-0.1, -0.05) is 30.3 Å². The fourth-order valence-electron chi connectivity index (χ4n) is 2.94. The molecule has 7 nitrogen and oxygen atoms in total. The Labute approximate surface area is 176 Å². The van der Waals surface area contributed by atoms with Gasteiger partial charge in [-0.15, -0.1) is 0 Å². The van der Waals surface area contributed by atoms with Crippen molar-refractivity contribution in [2.24, 2.45) is 4.99 Å². The van der Waals surface area contributed by atoms with Crippen LogP contribution in [0.1, 0.15) is 21.7 Å². The van der Waals surface area contributed by atoms with Gasteiger partial charge in [0.15, 0.2) is 11.7 Å². The Morgan fingerprint density at radius 1 is 1.03 bits per heavy atom. The summed E-state index contributed by atoms with van der Waals surface area (Å²) in [5, 5.41) is 9.40. The van der Waals surface area contributed by atoms with Crippen LogP contribution in [0.5, 0.6) is 5.75 Å². The number of aliphatic imine (C=N–C) groups is 1. The Bertz CT molecular complexity index is 966. The van der Waals surface area contributed by atoms with Gasteiger partial charge in [-0.05, 0) is 47.9 Å². The minimum absolute atomic E-state index is 0.273. The number of guanidine groups is 1. The van der Waals surface area contributed by atoms with Gasteiger partial charge in [-0.25, -0.2) is 0 Å². The SMILES string of the molecule is CN=C(NCCc1ccccc1OC)NCc1ccc(NC(=O)c2ccco2)cc1. The highest BCUT2D eigenvalue weighted by atomic mass is 16.5. The van der Waals surface area contributed by atoms with Crippen LogP contribution in [-0.2, 0) is 13.0 Å². The number of para-hydroxylation sites is 1. The number of amides is 1. The lowest BCUT2D eigenvalue weighted by Gasteiger charge is -2.13. The molecule has 156 valence electrons. The Morgan fingerprint density at radius 3 is 2.53 bits per heavy atom. The first-order chi connectivity index (χ1) is 14.7. The van der Waals surface area contributed by atoms with Crippen LogP contribution < -0.4 is 20.7 Å². The Hall–Kier alpha value is -3.74. The molecule has 0 aliphatic carbocycles. The summed E-state index contributed by atoms with van der Waals surface area (Å²) in [5.74, 6) is 1.62. The van der Waals surface area contributed by atoms with E-state index in [1.807, 2.05) is 42.5 Å². The van der Waals surface area contributed by atoms with Crippen LogP contribution in [0.4, 0.5) is 5.69 Å². The van der Waals surface area contributed by atoms with Crippen LogP contribution in [0.2, 0.25) is 0 Å². The molecule has 0 aliphatic heterocycles. The summed E-state index contributed by atoms with van der Waals surface area (Å²) in [6, 6.07) is 18.9. The fraction of sp³-hybridized carbons (Fsp3) is 0.217. The fourth-order valence-corrected chi connectivity index (χ4v) is 2.94. The molecule has 3 rings (SSSR count). The van der Waals surface area contributed by atoms with Crippen LogP contribution >= 0.6 is 0 Å². The van der Waals surface area contributed by atoms with E-state index in [2.05, 4.69) is 27.0 Å². The van der Waals surface area contributed by atoms with E-state index in [1.165, 1.54) is 6.26 Å². The maximum atomic E-state index is 12.0. The lowest BCUT2D eigenvalue weighted by Crippen LogP contribution is -2.37. The van der Waals surface area contributed by atoms with Gasteiger partial charge in [0.1, 0.15) is 5.75 Å². The third kappa shape index (κ3) is 5.88. The molecule has 0 saturated carbocycles. The third-order valence-corrected chi connectivity index (χ3v) is 4.52. The number of hydrogen-bond acceptors (Lipinski definition) is 4. The van der Waals surface area contributed by atoms with Crippen LogP contribution in [0.25, 0.3) is 0 Å². The first-order valence-corrected chi connectivity index (χ1v) is 9.70. The molecule has 0 radical (unpaired) electrons. The summed E-state index contributed by atoms with van der Waals surface area (Å²) >= 11 is 0. The lowest BCUT2D eigenvalue weighted by atomic mass is 10.1. The molecule has 0 unspecified atom stereocenters. The molecule has 0 aliphatic rings. The van der Waals surface area contributed by atoms with Crippen molar-refractivity contribution in [3.8, 4) is 5.75 Å². The average molecular weight is 406 g/mol. The monoisotopic (exact) mass is 406 g/mol. The molecule has 1 amide bonds. The molecule has 2 aromatic carbocycles. The normalized spacial score (nSPS) is 11.1. The molecule has 0 fully saturated rings. The van der Waals surface area contributed by atoms with Gasteiger partial charge in [0, 0.05) is 25.8 Å². The predicted molar refractivity (Wildman–Crippen MR) is 118 cm³/mol. The molecule has 0 bridgehead atoms. The van der Waals surface area contributed by atoms with Gasteiger partial charge in [0.25, 0.3) is 5.91 Å². The standard InChI is InChI=1S/C23H26N4O3/c1-24-23(25-14-13-18-6-3-4-7-20(18)29-2)26-16-17-9-11-19(12-10-17)27-22(28)21-8-5-15-30-21/h3-12,15H,13-14,16H2,1-2H3,(H,27,28)(H2,24,25,26). The zero-order chi connectivity index (χ0) is 21.2. The number of rotatable bonds is 8. The Morgan fingerprint density at radius 2 is 1.83 bits per heavy atom. The van der Waals surface area contributed by atoms with Gasteiger partial charge < -0.3 is 25.1 Å². The number of carbonyl (C=O) groups is 1. The maximum Gasteiger partial charge on any atom is 0.291 e. The highest BCUT2D eigenvalue weighted by Gasteiger charge is 2.08. The number of hydrogen-bond donors (Lipinski definition) is 3. The van der Waals surface area contributed by atoms with E-state index >= 15 is 0 Å². The molecular formula is C23H26N4O3. The van der Waals surface area contributed by atoms with Gasteiger partial charge >= 0.3 is 0 Å². The van der Waals surface area contributed by atoms with E-state index in [4.69, 9.17) is 9.15 Å².